The second kappa shape index (κ2) is 8.69. The zero-order valence-electron chi connectivity index (χ0n) is 15.8. The third-order valence-electron chi connectivity index (χ3n) is 4.94. The van der Waals surface area contributed by atoms with E-state index >= 15 is 0 Å². The van der Waals surface area contributed by atoms with Crippen LogP contribution in [0, 0.1) is 24.2 Å². The van der Waals surface area contributed by atoms with Crippen LogP contribution in [0.25, 0.3) is 11.1 Å². The molecule has 2 heterocycles. The number of hydrogen-bond donors (Lipinski definition) is 6. The van der Waals surface area contributed by atoms with Crippen molar-refractivity contribution >= 4 is 11.9 Å². The highest BCUT2D eigenvalue weighted by molar-refractivity contribution is 5.90. The van der Waals surface area contributed by atoms with Gasteiger partial charge in [0.05, 0.1) is 12.3 Å². The Balaban J connectivity index is 2.01. The summed E-state index contributed by atoms with van der Waals surface area (Å²) in [6, 6.07) is 5.40. The maximum atomic E-state index is 10.1. The van der Waals surface area contributed by atoms with Gasteiger partial charge in [-0.05, 0) is 41.8 Å². The normalized spacial score (nSPS) is 26.4. The number of benzene rings is 1. The predicted molar refractivity (Wildman–Crippen MR) is 107 cm³/mol. The summed E-state index contributed by atoms with van der Waals surface area (Å²) < 4.78 is 5.41. The van der Waals surface area contributed by atoms with Gasteiger partial charge in [0.25, 0.3) is 0 Å². The molecule has 29 heavy (non-hydrogen) atoms. The molecule has 0 bridgehead atoms. The van der Waals surface area contributed by atoms with E-state index < -0.39 is 37.1 Å². The first-order chi connectivity index (χ1) is 13.9. The molecule has 4 unspecified atom stereocenters. The Kier molecular flexibility index (Phi) is 6.27. The molecule has 8 nitrogen and oxygen atoms in total. The van der Waals surface area contributed by atoms with Crippen LogP contribution in [0.3, 0.4) is 0 Å². The smallest absolute Gasteiger partial charge is 0.147 e. The number of aliphatic hydroxyl groups excluding tert-OH is 4. The van der Waals surface area contributed by atoms with Gasteiger partial charge in [-0.3, -0.25) is 4.98 Å². The lowest BCUT2D eigenvalue weighted by Crippen LogP contribution is -2.58. The average Bonchev–Trinajstić information content (AvgIpc) is 2.73. The number of ether oxygens (including phenoxy) is 1. The minimum atomic E-state index is -1.50. The van der Waals surface area contributed by atoms with Crippen molar-refractivity contribution < 1.29 is 25.2 Å². The second-order valence-electron chi connectivity index (χ2n) is 6.88. The summed E-state index contributed by atoms with van der Waals surface area (Å²) in [5.41, 5.74) is 10.0. The number of rotatable bonds is 3. The first-order valence-corrected chi connectivity index (χ1v) is 9.04. The number of nitrogen functional groups attached to an aromatic ring is 1. The third-order valence-corrected chi connectivity index (χ3v) is 4.94. The van der Waals surface area contributed by atoms with Crippen molar-refractivity contribution in [2.75, 3.05) is 12.3 Å². The number of anilines is 1. The van der Waals surface area contributed by atoms with E-state index in [-0.39, 0.29) is 0 Å². The van der Waals surface area contributed by atoms with E-state index in [1.54, 1.807) is 24.5 Å². The molecule has 1 aliphatic rings. The molecule has 1 aromatic heterocycles. The fraction of sp³-hybridized carbons (Fsp3) is 0.333. The molecular formula is C21H23N3O5. The van der Waals surface area contributed by atoms with Crippen LogP contribution in [-0.2, 0) is 4.74 Å². The third kappa shape index (κ3) is 4.15. The van der Waals surface area contributed by atoms with Gasteiger partial charge in [-0.1, -0.05) is 11.8 Å². The van der Waals surface area contributed by atoms with Gasteiger partial charge in [0.15, 0.2) is 0 Å². The zero-order chi connectivity index (χ0) is 21.1. The lowest BCUT2D eigenvalue weighted by molar-refractivity contribution is -0.214. The van der Waals surface area contributed by atoms with E-state index in [4.69, 9.17) is 15.9 Å². The molecule has 0 saturated carbocycles. The SMILES string of the molecule is Cc1cnccc1-c1cc(C#CC2OC(CO)[C@@H](O)C(O)C2O)c(N)c(C=N)c1. The number of nitrogens with zero attached hydrogens (tertiary/aromatic N) is 1. The van der Waals surface area contributed by atoms with E-state index in [1.165, 1.54) is 0 Å². The van der Waals surface area contributed by atoms with Crippen LogP contribution in [0.4, 0.5) is 5.69 Å². The van der Waals surface area contributed by atoms with Gasteiger partial charge >= 0.3 is 0 Å². The summed E-state index contributed by atoms with van der Waals surface area (Å²) in [5, 5.41) is 46.8. The monoisotopic (exact) mass is 397 g/mol. The Morgan fingerprint density at radius 1 is 1.24 bits per heavy atom. The van der Waals surface area contributed by atoms with Crippen molar-refractivity contribution in [1.29, 1.82) is 5.41 Å². The molecule has 0 spiro atoms. The Hall–Kier alpha value is -2.80. The van der Waals surface area contributed by atoms with Gasteiger partial charge in [-0.2, -0.15) is 0 Å². The number of nitrogens with two attached hydrogens (primary N) is 1. The van der Waals surface area contributed by atoms with Crippen molar-refractivity contribution in [2.45, 2.75) is 37.4 Å². The molecule has 1 aliphatic heterocycles. The van der Waals surface area contributed by atoms with Gasteiger partial charge in [0.1, 0.15) is 30.5 Å². The number of aliphatic hydroxyl groups is 4. The number of aromatic nitrogens is 1. The van der Waals surface area contributed by atoms with Crippen LogP contribution in [0.2, 0.25) is 0 Å². The number of aryl methyl sites for hydroxylation is 1. The lowest BCUT2D eigenvalue weighted by Gasteiger charge is -2.37. The van der Waals surface area contributed by atoms with Crippen LogP contribution in [0.5, 0.6) is 0 Å². The fourth-order valence-electron chi connectivity index (χ4n) is 3.22. The average molecular weight is 397 g/mol. The zero-order valence-corrected chi connectivity index (χ0v) is 15.8. The van der Waals surface area contributed by atoms with Gasteiger partial charge in [-0.25, -0.2) is 0 Å². The molecule has 5 atom stereocenters. The van der Waals surface area contributed by atoms with Crippen LogP contribution in [0.1, 0.15) is 16.7 Å². The van der Waals surface area contributed by atoms with E-state index in [0.717, 1.165) is 22.9 Å². The summed E-state index contributed by atoms with van der Waals surface area (Å²) >= 11 is 0. The van der Waals surface area contributed by atoms with Gasteiger partial charge in [-0.15, -0.1) is 0 Å². The Bertz CT molecular complexity index is 967. The Morgan fingerprint density at radius 2 is 2.00 bits per heavy atom. The van der Waals surface area contributed by atoms with Crippen LogP contribution in [-0.4, -0.2) is 68.8 Å². The summed E-state index contributed by atoms with van der Waals surface area (Å²) in [4.78, 5) is 4.08. The molecule has 152 valence electrons. The van der Waals surface area contributed by atoms with Crippen LogP contribution in [0.15, 0.2) is 30.6 Å². The molecule has 1 saturated heterocycles. The minimum absolute atomic E-state index is 0.299. The summed E-state index contributed by atoms with van der Waals surface area (Å²) in [6.45, 7) is 1.39. The first-order valence-electron chi connectivity index (χ1n) is 9.04. The standard InChI is InChI=1S/C21H23N3O5/c1-11-9-24-5-4-15(11)13-6-12(18(23)14(7-13)8-22)2-3-16-19(26)21(28)20(27)17(10-25)29-16/h4-9,16-17,19-22,25-28H,10,23H2,1H3/t16?,17?,19?,20-,21?/m1/s1. The van der Waals surface area contributed by atoms with Crippen LogP contribution < -0.4 is 5.73 Å². The summed E-state index contributed by atoms with van der Waals surface area (Å²) in [5.74, 6) is 5.56. The topological polar surface area (TPSA) is 153 Å². The highest BCUT2D eigenvalue weighted by atomic mass is 16.5. The maximum absolute atomic E-state index is 10.1. The quantitative estimate of drug-likeness (QED) is 0.239. The molecule has 0 amide bonds. The minimum Gasteiger partial charge on any atom is -0.397 e. The Labute approximate surface area is 168 Å². The molecule has 0 radical (unpaired) electrons. The molecule has 1 aromatic carbocycles. The molecule has 8 heteroatoms. The van der Waals surface area contributed by atoms with E-state index in [0.29, 0.717) is 16.8 Å². The van der Waals surface area contributed by atoms with E-state index in [1.807, 2.05) is 13.0 Å². The van der Waals surface area contributed by atoms with Crippen molar-refractivity contribution in [3.05, 3.63) is 47.3 Å². The van der Waals surface area contributed by atoms with Crippen molar-refractivity contribution in [3.8, 4) is 23.0 Å². The van der Waals surface area contributed by atoms with Gasteiger partial charge in [0, 0.05) is 29.7 Å². The number of hydrogen-bond acceptors (Lipinski definition) is 8. The number of nitrogens with one attached hydrogen (secondary N) is 1. The molecule has 0 aliphatic carbocycles. The highest BCUT2D eigenvalue weighted by Crippen LogP contribution is 2.28. The van der Waals surface area contributed by atoms with E-state index in [9.17, 15) is 20.4 Å². The lowest BCUT2D eigenvalue weighted by atomic mass is 9.94. The fourth-order valence-corrected chi connectivity index (χ4v) is 3.22. The second-order valence-corrected chi connectivity index (χ2v) is 6.88. The largest absolute Gasteiger partial charge is 0.397 e. The van der Waals surface area contributed by atoms with Gasteiger partial charge in [0.2, 0.25) is 0 Å². The first kappa shape index (κ1) is 20.9. The predicted octanol–water partition coefficient (Wildman–Crippen LogP) is -0.169. The van der Waals surface area contributed by atoms with Gasteiger partial charge < -0.3 is 36.3 Å². The van der Waals surface area contributed by atoms with Crippen molar-refractivity contribution in [2.24, 2.45) is 0 Å². The molecule has 2 aromatic rings. The summed E-state index contributed by atoms with van der Waals surface area (Å²) in [7, 11) is 0. The molecule has 3 rings (SSSR count). The summed E-state index contributed by atoms with van der Waals surface area (Å²) in [6.07, 6.45) is -2.02. The molecule has 7 N–H and O–H groups in total. The van der Waals surface area contributed by atoms with Crippen LogP contribution >= 0.6 is 0 Å². The van der Waals surface area contributed by atoms with Crippen molar-refractivity contribution in [1.82, 2.24) is 4.98 Å². The molecule has 1 fully saturated rings. The highest BCUT2D eigenvalue weighted by Gasteiger charge is 2.42. The molecular weight excluding hydrogens is 374 g/mol. The van der Waals surface area contributed by atoms with Crippen molar-refractivity contribution in [3.63, 3.8) is 0 Å². The Morgan fingerprint density at radius 3 is 2.66 bits per heavy atom. The van der Waals surface area contributed by atoms with E-state index in [2.05, 4.69) is 16.8 Å². The number of pyridine rings is 1. The maximum Gasteiger partial charge on any atom is 0.147 e.